The second-order valence-corrected chi connectivity index (χ2v) is 7.79. The van der Waals surface area contributed by atoms with Crippen molar-refractivity contribution in [3.05, 3.63) is 53.3 Å². The third-order valence-electron chi connectivity index (χ3n) is 4.42. The van der Waals surface area contributed by atoms with E-state index in [1.807, 2.05) is 6.07 Å². The van der Waals surface area contributed by atoms with E-state index in [-0.39, 0.29) is 6.54 Å². The zero-order valence-corrected chi connectivity index (χ0v) is 16.5. The van der Waals surface area contributed by atoms with Crippen molar-refractivity contribution in [2.75, 3.05) is 13.2 Å². The molecule has 0 bridgehead atoms. The van der Waals surface area contributed by atoms with Gasteiger partial charge in [-0.15, -0.1) is 0 Å². The van der Waals surface area contributed by atoms with Gasteiger partial charge in [0.05, 0.1) is 13.2 Å². The molecule has 1 aliphatic rings. The fourth-order valence-electron chi connectivity index (χ4n) is 3.26. The van der Waals surface area contributed by atoms with E-state index in [1.165, 1.54) is 6.20 Å². The highest BCUT2D eigenvalue weighted by Gasteiger charge is 2.33. The summed E-state index contributed by atoms with van der Waals surface area (Å²) in [5.41, 5.74) is 1.37. The van der Waals surface area contributed by atoms with Crippen LogP contribution in [0.3, 0.4) is 0 Å². The van der Waals surface area contributed by atoms with Crippen molar-refractivity contribution in [2.45, 2.75) is 45.1 Å². The van der Waals surface area contributed by atoms with Gasteiger partial charge in [0, 0.05) is 6.20 Å². The monoisotopic (exact) mass is 408 g/mol. The smallest absolute Gasteiger partial charge is 0.433 e. The van der Waals surface area contributed by atoms with Gasteiger partial charge in [-0.05, 0) is 61.6 Å². The number of fused-ring (bicyclic) bond motifs is 1. The summed E-state index contributed by atoms with van der Waals surface area (Å²) in [6.45, 7) is 5.93. The Morgan fingerprint density at radius 1 is 1.28 bits per heavy atom. The van der Waals surface area contributed by atoms with Gasteiger partial charge in [0.15, 0.2) is 0 Å². The van der Waals surface area contributed by atoms with E-state index in [2.05, 4.69) is 10.3 Å². The maximum atomic E-state index is 13.0. The molecule has 2 aromatic rings. The minimum atomic E-state index is -4.51. The van der Waals surface area contributed by atoms with Crippen LogP contribution in [-0.2, 0) is 22.1 Å². The Hall–Kier alpha value is -2.61. The number of hydrogen-bond acceptors (Lipinski definition) is 4. The molecular formula is C21H23F3N2O3. The van der Waals surface area contributed by atoms with Crippen molar-refractivity contribution in [2.24, 2.45) is 0 Å². The van der Waals surface area contributed by atoms with Crippen LogP contribution >= 0.6 is 0 Å². The predicted octanol–water partition coefficient (Wildman–Crippen LogP) is 4.91. The number of ether oxygens (including phenoxy) is 2. The summed E-state index contributed by atoms with van der Waals surface area (Å²) in [5.74, 6) is 0. The summed E-state index contributed by atoms with van der Waals surface area (Å²) in [6, 6.07) is 8.05. The number of alkyl halides is 3. The van der Waals surface area contributed by atoms with Crippen LogP contribution in [0.4, 0.5) is 18.0 Å². The Kier molecular flexibility index (Phi) is 5.84. The van der Waals surface area contributed by atoms with Gasteiger partial charge in [-0.25, -0.2) is 4.79 Å². The molecule has 0 spiro atoms. The number of amides is 1. The Bertz CT molecular complexity index is 891. The number of pyridine rings is 1. The Labute approximate surface area is 167 Å². The van der Waals surface area contributed by atoms with Crippen molar-refractivity contribution >= 4 is 6.09 Å². The van der Waals surface area contributed by atoms with Crippen LogP contribution in [0, 0.1) is 0 Å². The summed E-state index contributed by atoms with van der Waals surface area (Å²) in [7, 11) is 0. The molecule has 8 heteroatoms. The lowest BCUT2D eigenvalue weighted by Crippen LogP contribution is -2.36. The molecule has 1 atom stereocenters. The first kappa shape index (κ1) is 21.1. The molecule has 0 aliphatic carbocycles. The van der Waals surface area contributed by atoms with E-state index in [0.717, 1.165) is 17.2 Å². The molecule has 5 nitrogen and oxygen atoms in total. The van der Waals surface area contributed by atoms with Gasteiger partial charge >= 0.3 is 12.3 Å². The average Bonchev–Trinajstić information content (AvgIpc) is 2.64. The first-order chi connectivity index (χ1) is 13.5. The lowest BCUT2D eigenvalue weighted by Gasteiger charge is -2.28. The Morgan fingerprint density at radius 2 is 2.03 bits per heavy atom. The fourth-order valence-corrected chi connectivity index (χ4v) is 3.26. The van der Waals surface area contributed by atoms with E-state index in [1.54, 1.807) is 39.0 Å². The zero-order chi connectivity index (χ0) is 21.2. The molecule has 2 heterocycles. The first-order valence-electron chi connectivity index (χ1n) is 9.28. The normalized spacial score (nSPS) is 16.8. The van der Waals surface area contributed by atoms with Gasteiger partial charge in [-0.1, -0.05) is 18.2 Å². The van der Waals surface area contributed by atoms with Gasteiger partial charge in [0.2, 0.25) is 0 Å². The summed E-state index contributed by atoms with van der Waals surface area (Å²) in [5, 5.41) is 2.69. The summed E-state index contributed by atoms with van der Waals surface area (Å²) in [4.78, 5) is 15.4. The second-order valence-electron chi connectivity index (χ2n) is 7.79. The molecule has 156 valence electrons. The van der Waals surface area contributed by atoms with Gasteiger partial charge in [-0.3, -0.25) is 4.98 Å². The molecular weight excluding hydrogens is 385 g/mol. The number of rotatable bonds is 3. The zero-order valence-electron chi connectivity index (χ0n) is 16.5. The number of carbonyl (C=O) groups is 1. The number of aromatic nitrogens is 1. The van der Waals surface area contributed by atoms with Crippen LogP contribution < -0.4 is 5.32 Å². The number of hydrogen-bond donors (Lipinski definition) is 1. The third-order valence-corrected chi connectivity index (χ3v) is 4.42. The highest BCUT2D eigenvalue weighted by atomic mass is 19.4. The van der Waals surface area contributed by atoms with E-state index < -0.39 is 29.7 Å². The molecule has 0 unspecified atom stereocenters. The predicted molar refractivity (Wildman–Crippen MR) is 101 cm³/mol. The lowest BCUT2D eigenvalue weighted by molar-refractivity contribution is -0.141. The summed E-state index contributed by atoms with van der Waals surface area (Å²) in [6.07, 6.45) is -3.73. The maximum absolute atomic E-state index is 13.0. The first-order valence-corrected chi connectivity index (χ1v) is 9.28. The van der Waals surface area contributed by atoms with Crippen LogP contribution in [0.5, 0.6) is 0 Å². The van der Waals surface area contributed by atoms with E-state index >= 15 is 0 Å². The molecule has 1 aromatic heterocycles. The summed E-state index contributed by atoms with van der Waals surface area (Å²) >= 11 is 0. The quantitative estimate of drug-likeness (QED) is 0.784. The van der Waals surface area contributed by atoms with Gasteiger partial charge in [0.1, 0.15) is 17.4 Å². The topological polar surface area (TPSA) is 60.5 Å². The molecule has 0 radical (unpaired) electrons. The van der Waals surface area contributed by atoms with Crippen molar-refractivity contribution < 1.29 is 27.4 Å². The molecule has 29 heavy (non-hydrogen) atoms. The second kappa shape index (κ2) is 8.02. The number of benzene rings is 1. The van der Waals surface area contributed by atoms with E-state index in [4.69, 9.17) is 9.47 Å². The van der Waals surface area contributed by atoms with Gasteiger partial charge < -0.3 is 14.8 Å². The van der Waals surface area contributed by atoms with E-state index in [0.29, 0.717) is 24.2 Å². The maximum Gasteiger partial charge on any atom is 0.433 e. The Balaban J connectivity index is 1.85. The Morgan fingerprint density at radius 3 is 2.72 bits per heavy atom. The molecule has 1 aromatic carbocycles. The number of alkyl carbamates (subject to hydrolysis) is 1. The SMILES string of the molecule is CC(C)(C)OC(=O)NC[C@H]1OCCc2c(-c3ccnc(C(F)(F)F)c3)cccc21. The molecule has 3 rings (SSSR count). The number of carbonyl (C=O) groups excluding carboxylic acids is 1. The minimum absolute atomic E-state index is 0.204. The number of nitrogens with zero attached hydrogens (tertiary/aromatic N) is 1. The molecule has 0 fully saturated rings. The standard InChI is InChI=1S/C21H23F3N2O3/c1-20(2,3)29-19(27)26-12-17-16-6-4-5-14(15(16)8-10-28-17)13-7-9-25-18(11-13)21(22,23)24/h4-7,9,11,17H,8,10,12H2,1-3H3,(H,26,27)/t17-/m1/s1. The molecule has 1 N–H and O–H groups in total. The highest BCUT2D eigenvalue weighted by Crippen LogP contribution is 2.36. The van der Waals surface area contributed by atoms with Crippen molar-refractivity contribution in [1.82, 2.24) is 10.3 Å². The van der Waals surface area contributed by atoms with Crippen molar-refractivity contribution in [3.8, 4) is 11.1 Å². The lowest BCUT2D eigenvalue weighted by atomic mass is 9.89. The van der Waals surface area contributed by atoms with Crippen molar-refractivity contribution in [1.29, 1.82) is 0 Å². The van der Waals surface area contributed by atoms with Crippen LogP contribution in [0.1, 0.15) is 43.7 Å². The molecule has 0 saturated heterocycles. The van der Waals surface area contributed by atoms with Crippen LogP contribution in [0.25, 0.3) is 11.1 Å². The largest absolute Gasteiger partial charge is 0.444 e. The average molecular weight is 408 g/mol. The van der Waals surface area contributed by atoms with E-state index in [9.17, 15) is 18.0 Å². The van der Waals surface area contributed by atoms with Crippen LogP contribution in [-0.4, -0.2) is 29.8 Å². The third kappa shape index (κ3) is 5.26. The fraction of sp³-hybridized carbons (Fsp3) is 0.429. The van der Waals surface area contributed by atoms with Crippen LogP contribution in [0.2, 0.25) is 0 Å². The number of nitrogens with one attached hydrogen (secondary N) is 1. The highest BCUT2D eigenvalue weighted by molar-refractivity contribution is 5.70. The molecule has 1 amide bonds. The van der Waals surface area contributed by atoms with Gasteiger partial charge in [-0.2, -0.15) is 13.2 Å². The summed E-state index contributed by atoms with van der Waals surface area (Å²) < 4.78 is 50.2. The van der Waals surface area contributed by atoms with Crippen molar-refractivity contribution in [3.63, 3.8) is 0 Å². The molecule has 0 saturated carbocycles. The molecule has 1 aliphatic heterocycles. The minimum Gasteiger partial charge on any atom is -0.444 e. The van der Waals surface area contributed by atoms with Crippen LogP contribution in [0.15, 0.2) is 36.5 Å². The van der Waals surface area contributed by atoms with Gasteiger partial charge in [0.25, 0.3) is 0 Å². The number of halogens is 3.